The predicted molar refractivity (Wildman–Crippen MR) is 172 cm³/mol. The van der Waals surface area contributed by atoms with Gasteiger partial charge in [0.1, 0.15) is 11.4 Å². The van der Waals surface area contributed by atoms with Crippen molar-refractivity contribution < 1.29 is 38.0 Å². The fourth-order valence-electron chi connectivity index (χ4n) is 4.87. The van der Waals surface area contributed by atoms with Crippen molar-refractivity contribution >= 4 is 30.5 Å². The highest BCUT2D eigenvalue weighted by Crippen LogP contribution is 2.45. The third-order valence-electron chi connectivity index (χ3n) is 6.95. The SMILES string of the molecule is COc1cc(-n2c(C(=O)OC[Si](C)(C)C)c(-c3cc(OC)c(OC)c(OC)c3)c3cc(OC)c(OC)cc3c2=O)ccc1N. The molecule has 0 saturated heterocycles. The van der Waals surface area contributed by atoms with Crippen molar-refractivity contribution in [3.05, 3.63) is 58.5 Å². The highest BCUT2D eigenvalue weighted by molar-refractivity contribution is 6.76. The Labute approximate surface area is 257 Å². The molecule has 1 heterocycles. The van der Waals surface area contributed by atoms with Crippen LogP contribution in [0.2, 0.25) is 19.6 Å². The number of carbonyl (C=O) groups is 1. The Bertz CT molecular complexity index is 1750. The number of nitrogens with zero attached hydrogens (tertiary/aromatic N) is 1. The molecule has 0 amide bonds. The first-order valence-corrected chi connectivity index (χ1v) is 17.4. The summed E-state index contributed by atoms with van der Waals surface area (Å²) < 4.78 is 40.7. The van der Waals surface area contributed by atoms with E-state index in [1.807, 2.05) is 0 Å². The molecule has 4 rings (SSSR count). The number of benzene rings is 3. The minimum absolute atomic E-state index is 0.0194. The third-order valence-corrected chi connectivity index (χ3v) is 7.96. The monoisotopic (exact) mass is 622 g/mol. The van der Waals surface area contributed by atoms with Gasteiger partial charge >= 0.3 is 5.97 Å². The molecule has 4 aromatic rings. The van der Waals surface area contributed by atoms with E-state index in [2.05, 4.69) is 19.6 Å². The van der Waals surface area contributed by atoms with Gasteiger partial charge in [0.25, 0.3) is 5.56 Å². The van der Waals surface area contributed by atoms with E-state index in [0.29, 0.717) is 62.4 Å². The Morgan fingerprint density at radius 3 is 1.77 bits per heavy atom. The van der Waals surface area contributed by atoms with Crippen molar-refractivity contribution in [3.63, 3.8) is 0 Å². The molecular weight excluding hydrogens is 584 g/mol. The van der Waals surface area contributed by atoms with Crippen molar-refractivity contribution in [2.45, 2.75) is 19.6 Å². The number of methoxy groups -OCH3 is 6. The molecule has 0 atom stereocenters. The fraction of sp³-hybridized carbons (Fsp3) is 0.312. The average Bonchev–Trinajstić information content (AvgIpc) is 3.02. The Morgan fingerprint density at radius 1 is 0.727 bits per heavy atom. The lowest BCUT2D eigenvalue weighted by Crippen LogP contribution is -2.32. The molecule has 0 unspecified atom stereocenters. The second kappa shape index (κ2) is 12.8. The normalized spacial score (nSPS) is 11.2. The van der Waals surface area contributed by atoms with Gasteiger partial charge in [-0.15, -0.1) is 0 Å². The van der Waals surface area contributed by atoms with Crippen LogP contribution in [0.1, 0.15) is 10.5 Å². The summed E-state index contributed by atoms with van der Waals surface area (Å²) in [4.78, 5) is 28.7. The molecule has 11 nitrogen and oxygen atoms in total. The number of hydrogen-bond donors (Lipinski definition) is 1. The van der Waals surface area contributed by atoms with Crippen LogP contribution in [0.15, 0.2) is 47.3 Å². The van der Waals surface area contributed by atoms with Gasteiger partial charge in [-0.2, -0.15) is 0 Å². The number of ether oxygens (including phenoxy) is 7. The third kappa shape index (κ3) is 5.98. The van der Waals surface area contributed by atoms with Gasteiger partial charge in [0.15, 0.2) is 23.0 Å². The van der Waals surface area contributed by atoms with Crippen molar-refractivity contribution in [1.82, 2.24) is 4.57 Å². The summed E-state index contributed by atoms with van der Waals surface area (Å²) >= 11 is 0. The van der Waals surface area contributed by atoms with E-state index < -0.39 is 19.6 Å². The maximum atomic E-state index is 14.5. The van der Waals surface area contributed by atoms with Gasteiger partial charge in [0.2, 0.25) is 5.75 Å². The smallest absolute Gasteiger partial charge is 0.355 e. The summed E-state index contributed by atoms with van der Waals surface area (Å²) in [5.74, 6) is 1.40. The molecule has 44 heavy (non-hydrogen) atoms. The van der Waals surface area contributed by atoms with E-state index in [4.69, 9.17) is 38.9 Å². The van der Waals surface area contributed by atoms with Crippen molar-refractivity contribution in [1.29, 1.82) is 0 Å². The lowest BCUT2D eigenvalue weighted by Gasteiger charge is -2.23. The minimum atomic E-state index is -1.86. The predicted octanol–water partition coefficient (Wildman–Crippen LogP) is 5.33. The lowest BCUT2D eigenvalue weighted by molar-refractivity contribution is 0.0556. The number of anilines is 1. The topological polar surface area (TPSA) is 130 Å². The molecule has 0 bridgehead atoms. The molecule has 0 radical (unpaired) electrons. The highest BCUT2D eigenvalue weighted by atomic mass is 28.3. The molecular formula is C32H38N2O9Si. The standard InChI is InChI=1S/C32H38N2O9Si/c1-37-23-14-19(10-11-22(23)33)34-29(32(36)43-17-44(7,8)9)28(18-12-26(40-4)30(42-6)27(13-18)41-5)20-15-24(38-2)25(39-3)16-21(20)31(34)35/h10-16H,17,33H2,1-9H3. The van der Waals surface area contributed by atoms with Gasteiger partial charge < -0.3 is 38.9 Å². The van der Waals surface area contributed by atoms with E-state index in [0.717, 1.165) is 0 Å². The van der Waals surface area contributed by atoms with Crippen LogP contribution in [0, 0.1) is 0 Å². The summed E-state index contributed by atoms with van der Waals surface area (Å²) in [6, 6.07) is 11.5. The first kappa shape index (κ1) is 32.1. The van der Waals surface area contributed by atoms with Crippen LogP contribution >= 0.6 is 0 Å². The summed E-state index contributed by atoms with van der Waals surface area (Å²) in [6.07, 6.45) is 0.226. The summed E-state index contributed by atoms with van der Waals surface area (Å²) in [5, 5.41) is 0.671. The molecule has 234 valence electrons. The first-order valence-electron chi connectivity index (χ1n) is 13.7. The number of nitrogen functional groups attached to an aromatic ring is 1. The summed E-state index contributed by atoms with van der Waals surface area (Å²) in [7, 11) is 7.08. The quantitative estimate of drug-likeness (QED) is 0.133. The zero-order valence-electron chi connectivity index (χ0n) is 26.4. The molecule has 0 spiro atoms. The Hall–Kier alpha value is -4.84. The Balaban J connectivity index is 2.29. The van der Waals surface area contributed by atoms with Crippen LogP contribution in [0.4, 0.5) is 5.69 Å². The molecule has 0 fully saturated rings. The number of esters is 1. The Morgan fingerprint density at radius 2 is 1.27 bits per heavy atom. The fourth-order valence-corrected chi connectivity index (χ4v) is 5.43. The second-order valence-corrected chi connectivity index (χ2v) is 16.5. The van der Waals surface area contributed by atoms with Crippen LogP contribution in [-0.4, -0.2) is 67.5 Å². The van der Waals surface area contributed by atoms with E-state index in [-0.39, 0.29) is 17.3 Å². The number of pyridine rings is 1. The van der Waals surface area contributed by atoms with E-state index in [1.165, 1.54) is 47.2 Å². The first-order chi connectivity index (χ1) is 20.9. The number of hydrogen-bond acceptors (Lipinski definition) is 10. The molecule has 0 aliphatic heterocycles. The summed E-state index contributed by atoms with van der Waals surface area (Å²) in [5.41, 5.74) is 7.17. The number of rotatable bonds is 11. The molecule has 2 N–H and O–H groups in total. The molecule has 1 aromatic heterocycles. The van der Waals surface area contributed by atoms with E-state index in [1.54, 1.807) is 42.5 Å². The van der Waals surface area contributed by atoms with E-state index >= 15 is 0 Å². The maximum absolute atomic E-state index is 14.5. The second-order valence-electron chi connectivity index (χ2n) is 11.1. The zero-order valence-corrected chi connectivity index (χ0v) is 27.4. The van der Waals surface area contributed by atoms with Gasteiger partial charge in [-0.3, -0.25) is 9.36 Å². The van der Waals surface area contributed by atoms with Crippen LogP contribution < -0.4 is 39.7 Å². The number of nitrogens with two attached hydrogens (primary N) is 1. The van der Waals surface area contributed by atoms with Gasteiger partial charge in [0, 0.05) is 17.0 Å². The van der Waals surface area contributed by atoms with Gasteiger partial charge in [-0.05, 0) is 42.0 Å². The number of carbonyl (C=O) groups excluding carboxylic acids is 1. The Kier molecular flexibility index (Phi) is 9.33. The van der Waals surface area contributed by atoms with Crippen molar-refractivity contribution in [2.24, 2.45) is 0 Å². The van der Waals surface area contributed by atoms with Crippen LogP contribution in [0.3, 0.4) is 0 Å². The summed E-state index contributed by atoms with van der Waals surface area (Å²) in [6.45, 7) is 6.24. The largest absolute Gasteiger partial charge is 0.495 e. The molecule has 3 aromatic carbocycles. The molecule has 0 aliphatic rings. The zero-order chi connectivity index (χ0) is 32.3. The van der Waals surface area contributed by atoms with Crippen molar-refractivity contribution in [2.75, 3.05) is 54.6 Å². The van der Waals surface area contributed by atoms with Crippen LogP contribution in [-0.2, 0) is 4.74 Å². The van der Waals surface area contributed by atoms with E-state index in [9.17, 15) is 9.59 Å². The minimum Gasteiger partial charge on any atom is -0.495 e. The van der Waals surface area contributed by atoms with Gasteiger partial charge in [-0.25, -0.2) is 4.79 Å². The molecule has 0 saturated carbocycles. The van der Waals surface area contributed by atoms with Gasteiger partial charge in [0.05, 0.1) is 73.7 Å². The molecule has 0 aliphatic carbocycles. The van der Waals surface area contributed by atoms with Crippen molar-refractivity contribution in [3.8, 4) is 51.3 Å². The van der Waals surface area contributed by atoms with Gasteiger partial charge in [-0.1, -0.05) is 19.6 Å². The number of fused-ring (bicyclic) bond motifs is 1. The maximum Gasteiger partial charge on any atom is 0.355 e. The molecule has 12 heteroatoms. The average molecular weight is 623 g/mol. The highest BCUT2D eigenvalue weighted by Gasteiger charge is 2.30. The lowest BCUT2D eigenvalue weighted by atomic mass is 9.95. The van der Waals surface area contributed by atoms with Crippen LogP contribution in [0.25, 0.3) is 27.6 Å². The van der Waals surface area contributed by atoms with Crippen LogP contribution in [0.5, 0.6) is 34.5 Å². The number of aromatic nitrogens is 1.